The van der Waals surface area contributed by atoms with Crippen molar-refractivity contribution in [2.24, 2.45) is 5.11 Å². The van der Waals surface area contributed by atoms with Gasteiger partial charge in [-0.2, -0.15) is 0 Å². The summed E-state index contributed by atoms with van der Waals surface area (Å²) < 4.78 is 36.5. The number of rotatable bonds is 10. The molecule has 0 N–H and O–H groups in total. The van der Waals surface area contributed by atoms with E-state index in [1.807, 2.05) is 0 Å². The Balaban J connectivity index is 3.69. The number of carbonyl (C=O) groups excluding carboxylic acids is 5. The maximum atomic E-state index is 12.6. The van der Waals surface area contributed by atoms with E-state index >= 15 is 0 Å². The summed E-state index contributed by atoms with van der Waals surface area (Å²) in [4.78, 5) is 62.1. The smallest absolute Gasteiger partial charge is 0.366 e. The molecule has 0 aromatic heterocycles. The van der Waals surface area contributed by atoms with Gasteiger partial charge in [-0.3, -0.25) is 19.2 Å². The van der Waals surface area contributed by atoms with Crippen LogP contribution in [0.4, 0.5) is 0 Å². The van der Waals surface area contributed by atoms with E-state index in [1.165, 1.54) is 0 Å². The van der Waals surface area contributed by atoms with Crippen LogP contribution in [0.5, 0.6) is 0 Å². The van der Waals surface area contributed by atoms with Gasteiger partial charge in [0.25, 0.3) is 5.79 Å². The average molecular weight is 489 g/mol. The summed E-state index contributed by atoms with van der Waals surface area (Å²) in [5.41, 5.74) is 9.13. The molecule has 0 spiro atoms. The Labute approximate surface area is 194 Å². The first-order valence-electron chi connectivity index (χ1n) is 9.91. The second-order valence-corrected chi connectivity index (χ2v) is 7.10. The molecule has 0 saturated carbocycles. The van der Waals surface area contributed by atoms with Crippen LogP contribution in [0.3, 0.4) is 0 Å². The number of azide groups is 1. The summed E-state index contributed by atoms with van der Waals surface area (Å²) in [6.45, 7) is 3.66. The summed E-state index contributed by atoms with van der Waals surface area (Å²) in [5, 5.41) is 3.60. The highest BCUT2D eigenvalue weighted by Crippen LogP contribution is 2.37. The minimum Gasteiger partial charge on any atom is -0.465 e. The molecule has 0 aromatic carbocycles. The summed E-state index contributed by atoms with van der Waals surface area (Å²) >= 11 is 0. The van der Waals surface area contributed by atoms with E-state index in [4.69, 9.17) is 38.7 Å². The predicted octanol–water partition coefficient (Wildman–Crippen LogP) is 0.328. The molecule has 15 nitrogen and oxygen atoms in total. The SMILES string of the molecule is COC(=O)[C@]1(OC)C[C@@H](OC(C)=O)[C@@H](N=[N+]=[N-])C([C@H](OC(C)=O)[C@@H](COC(C)=O)OC(C)=O)O1. The highest BCUT2D eigenvalue weighted by atomic mass is 16.7. The van der Waals surface area contributed by atoms with Gasteiger partial charge in [0.2, 0.25) is 0 Å². The first-order valence-corrected chi connectivity index (χ1v) is 9.91. The van der Waals surface area contributed by atoms with Crippen molar-refractivity contribution in [3.05, 3.63) is 10.4 Å². The molecule has 1 fully saturated rings. The number of hydrogen-bond acceptors (Lipinski definition) is 13. The van der Waals surface area contributed by atoms with Gasteiger partial charge in [0, 0.05) is 39.7 Å². The van der Waals surface area contributed by atoms with Crippen molar-refractivity contribution >= 4 is 29.8 Å². The van der Waals surface area contributed by atoms with E-state index in [2.05, 4.69) is 10.0 Å². The molecule has 190 valence electrons. The first kappa shape index (κ1) is 28.6. The van der Waals surface area contributed by atoms with Crippen molar-refractivity contribution < 1.29 is 57.1 Å². The van der Waals surface area contributed by atoms with Gasteiger partial charge in [0.15, 0.2) is 12.2 Å². The Bertz CT molecular complexity index is 842. The fourth-order valence-electron chi connectivity index (χ4n) is 3.38. The molecule has 1 saturated heterocycles. The molecular formula is C19H27N3O12. The predicted molar refractivity (Wildman–Crippen MR) is 107 cm³/mol. The van der Waals surface area contributed by atoms with Gasteiger partial charge in [-0.1, -0.05) is 5.11 Å². The summed E-state index contributed by atoms with van der Waals surface area (Å²) in [7, 11) is 2.16. The molecular weight excluding hydrogens is 462 g/mol. The van der Waals surface area contributed by atoms with Gasteiger partial charge in [0.1, 0.15) is 24.9 Å². The van der Waals surface area contributed by atoms with E-state index in [1.54, 1.807) is 0 Å². The number of ether oxygens (including phenoxy) is 7. The fourth-order valence-corrected chi connectivity index (χ4v) is 3.38. The van der Waals surface area contributed by atoms with Crippen molar-refractivity contribution in [2.75, 3.05) is 20.8 Å². The lowest BCUT2D eigenvalue weighted by atomic mass is 9.88. The molecule has 0 radical (unpaired) electrons. The molecule has 1 heterocycles. The van der Waals surface area contributed by atoms with Gasteiger partial charge >= 0.3 is 29.8 Å². The highest BCUT2D eigenvalue weighted by Gasteiger charge is 2.58. The average Bonchev–Trinajstić information content (AvgIpc) is 2.74. The second-order valence-electron chi connectivity index (χ2n) is 7.10. The number of nitrogens with zero attached hydrogens (tertiary/aromatic N) is 3. The topological polar surface area (TPSA) is 199 Å². The van der Waals surface area contributed by atoms with Gasteiger partial charge in [-0.25, -0.2) is 4.79 Å². The minimum absolute atomic E-state index is 0.453. The summed E-state index contributed by atoms with van der Waals surface area (Å²) in [6, 6.07) is -1.40. The summed E-state index contributed by atoms with van der Waals surface area (Å²) in [5.74, 6) is -6.49. The molecule has 1 aliphatic rings. The van der Waals surface area contributed by atoms with Crippen LogP contribution in [0, 0.1) is 0 Å². The molecule has 0 bridgehead atoms. The molecule has 1 rings (SSSR count). The largest absolute Gasteiger partial charge is 0.465 e. The van der Waals surface area contributed by atoms with Crippen LogP contribution in [0.25, 0.3) is 10.4 Å². The molecule has 34 heavy (non-hydrogen) atoms. The normalized spacial score (nSPS) is 25.5. The van der Waals surface area contributed by atoms with Gasteiger partial charge in [-0.05, 0) is 5.53 Å². The Morgan fingerprint density at radius 3 is 2.09 bits per heavy atom. The first-order chi connectivity index (χ1) is 15.9. The Morgan fingerprint density at radius 2 is 1.65 bits per heavy atom. The summed E-state index contributed by atoms with van der Waals surface area (Å²) in [6.07, 6.45) is -6.47. The quantitative estimate of drug-likeness (QED) is 0.134. The van der Waals surface area contributed by atoms with E-state index in [0.29, 0.717) is 0 Å². The molecule has 1 aliphatic heterocycles. The third kappa shape index (κ3) is 7.57. The van der Waals surface area contributed by atoms with Crippen LogP contribution in [0.1, 0.15) is 34.1 Å². The lowest BCUT2D eigenvalue weighted by Crippen LogP contribution is -2.65. The van der Waals surface area contributed by atoms with Crippen LogP contribution in [0.2, 0.25) is 0 Å². The monoisotopic (exact) mass is 489 g/mol. The standard InChI is InChI=1S/C19H27N3O12/c1-9(23)30-8-14(32-11(3)25)16(33-12(4)26)17-15(21-22-20)13(31-10(2)24)7-19(29-6,34-17)18(27)28-5/h13-17H,7-8H2,1-6H3/t13-,14-,15-,16-,17?,19+/m1/s1. The van der Waals surface area contributed by atoms with Crippen LogP contribution in [0.15, 0.2) is 5.11 Å². The Kier molecular flexibility index (Phi) is 10.7. The van der Waals surface area contributed by atoms with E-state index in [9.17, 15) is 24.0 Å². The van der Waals surface area contributed by atoms with Crippen molar-refractivity contribution in [3.63, 3.8) is 0 Å². The highest BCUT2D eigenvalue weighted by molar-refractivity contribution is 5.78. The van der Waals surface area contributed by atoms with Crippen molar-refractivity contribution in [2.45, 2.75) is 70.4 Å². The zero-order valence-corrected chi connectivity index (χ0v) is 19.5. The number of carbonyl (C=O) groups is 5. The zero-order valence-electron chi connectivity index (χ0n) is 19.5. The molecule has 6 atom stereocenters. The maximum absolute atomic E-state index is 12.6. The van der Waals surface area contributed by atoms with E-state index in [0.717, 1.165) is 41.9 Å². The van der Waals surface area contributed by atoms with E-state index < -0.39 is 79.1 Å². The van der Waals surface area contributed by atoms with Crippen molar-refractivity contribution in [1.82, 2.24) is 0 Å². The third-order valence-electron chi connectivity index (χ3n) is 4.60. The molecule has 1 unspecified atom stereocenters. The van der Waals surface area contributed by atoms with Gasteiger partial charge in [0.05, 0.1) is 13.5 Å². The van der Waals surface area contributed by atoms with Gasteiger partial charge in [-0.15, -0.1) is 0 Å². The molecule has 0 aliphatic carbocycles. The number of hydrogen-bond donors (Lipinski definition) is 0. The van der Waals surface area contributed by atoms with Crippen molar-refractivity contribution in [3.8, 4) is 0 Å². The number of esters is 5. The van der Waals surface area contributed by atoms with Crippen LogP contribution < -0.4 is 0 Å². The third-order valence-corrected chi connectivity index (χ3v) is 4.60. The Hall–Kier alpha value is -3.42. The van der Waals surface area contributed by atoms with E-state index in [-0.39, 0.29) is 0 Å². The zero-order chi connectivity index (χ0) is 26.1. The van der Waals surface area contributed by atoms with Gasteiger partial charge < -0.3 is 33.2 Å². The van der Waals surface area contributed by atoms with Crippen molar-refractivity contribution in [1.29, 1.82) is 0 Å². The lowest BCUT2D eigenvalue weighted by molar-refractivity contribution is -0.305. The Morgan fingerprint density at radius 1 is 1.03 bits per heavy atom. The number of methoxy groups -OCH3 is 2. The second kappa shape index (κ2) is 12.7. The molecule has 0 aromatic rings. The molecule has 0 amide bonds. The maximum Gasteiger partial charge on any atom is 0.366 e. The van der Waals surface area contributed by atoms with Crippen LogP contribution >= 0.6 is 0 Å². The molecule has 15 heteroatoms. The van der Waals surface area contributed by atoms with Crippen LogP contribution in [-0.4, -0.2) is 86.9 Å². The lowest BCUT2D eigenvalue weighted by Gasteiger charge is -2.46. The van der Waals surface area contributed by atoms with Crippen LogP contribution in [-0.2, 0) is 57.1 Å². The fraction of sp³-hybridized carbons (Fsp3) is 0.737. The minimum atomic E-state index is -2.19.